The molecule has 4 nitrogen and oxygen atoms in total. The number of benzene rings is 9. The van der Waals surface area contributed by atoms with Gasteiger partial charge in [0.25, 0.3) is 0 Å². The van der Waals surface area contributed by atoms with E-state index in [1.165, 1.54) is 79.8 Å². The van der Waals surface area contributed by atoms with Crippen LogP contribution >= 0.6 is 11.3 Å². The quantitative estimate of drug-likeness (QED) is 0.165. The summed E-state index contributed by atoms with van der Waals surface area (Å²) in [7, 11) is 0. The average molecular weight is 741 g/mol. The Kier molecular flexibility index (Phi) is 5.62. The van der Waals surface area contributed by atoms with Crippen LogP contribution in [0.2, 0.25) is 0 Å². The van der Waals surface area contributed by atoms with E-state index in [0.717, 1.165) is 49.9 Å². The number of hydrogen-bond donors (Lipinski definition) is 0. The zero-order chi connectivity index (χ0) is 36.9. The summed E-state index contributed by atoms with van der Waals surface area (Å²) in [6.45, 7) is 0. The highest BCUT2D eigenvalue weighted by atomic mass is 32.1. The van der Waals surface area contributed by atoms with Gasteiger partial charge in [-0.15, -0.1) is 11.3 Å². The molecule has 0 fully saturated rings. The van der Waals surface area contributed by atoms with Gasteiger partial charge in [-0.2, -0.15) is 0 Å². The molecule has 0 aliphatic carbocycles. The lowest BCUT2D eigenvalue weighted by molar-refractivity contribution is 1.08. The Morgan fingerprint density at radius 3 is 2.00 bits per heavy atom. The molecule has 5 heterocycles. The fourth-order valence-corrected chi connectivity index (χ4v) is 11.3. The van der Waals surface area contributed by atoms with Crippen LogP contribution in [0.25, 0.3) is 130 Å². The number of hydrogen-bond acceptors (Lipinski definition) is 3. The summed E-state index contributed by atoms with van der Waals surface area (Å²) in [6.07, 6.45) is 0. The Balaban J connectivity index is 1.27. The van der Waals surface area contributed by atoms with Crippen molar-refractivity contribution >= 4 is 124 Å². The fraction of sp³-hybridized carbons (Fsp3) is 0. The maximum atomic E-state index is 5.64. The molecule has 0 saturated heterocycles. The summed E-state index contributed by atoms with van der Waals surface area (Å²) in [5, 5.41) is 14.7. The van der Waals surface area contributed by atoms with Gasteiger partial charge in [0.1, 0.15) is 5.69 Å². The summed E-state index contributed by atoms with van der Waals surface area (Å²) >= 11 is 1.90. The van der Waals surface area contributed by atoms with Gasteiger partial charge >= 0.3 is 0 Å². The average Bonchev–Trinajstić information content (AvgIpc) is 3.92. The lowest BCUT2D eigenvalue weighted by Gasteiger charge is -2.16. The fourth-order valence-electron chi connectivity index (χ4n) is 10.0. The first-order valence-corrected chi connectivity index (χ1v) is 20.2. The summed E-state index contributed by atoms with van der Waals surface area (Å²) < 4.78 is 7.64. The largest absolute Gasteiger partial charge is 0.306 e. The minimum Gasteiger partial charge on any atom is -0.306 e. The number of aromatic nitrogens is 4. The maximum Gasteiger partial charge on any atom is 0.165 e. The van der Waals surface area contributed by atoms with Gasteiger partial charge in [-0.05, 0) is 46.5 Å². The van der Waals surface area contributed by atoms with Crippen molar-refractivity contribution in [1.29, 1.82) is 0 Å². The van der Waals surface area contributed by atoms with Crippen LogP contribution in [0.1, 0.15) is 0 Å². The molecule has 14 aromatic rings. The molecule has 14 rings (SSSR count). The van der Waals surface area contributed by atoms with Crippen molar-refractivity contribution in [1.82, 2.24) is 18.9 Å². The van der Waals surface area contributed by atoms with Gasteiger partial charge in [0.05, 0.1) is 43.3 Å². The first-order chi connectivity index (χ1) is 28.3. The topological polar surface area (TPSA) is 35.1 Å². The summed E-state index contributed by atoms with van der Waals surface area (Å²) in [4.78, 5) is 11.2. The van der Waals surface area contributed by atoms with Crippen LogP contribution in [0, 0.1) is 0 Å². The highest BCUT2D eigenvalue weighted by molar-refractivity contribution is 7.26. The lowest BCUT2D eigenvalue weighted by atomic mass is 9.99. The Bertz CT molecular complexity index is 4040. The van der Waals surface area contributed by atoms with E-state index in [1.54, 1.807) is 0 Å². The van der Waals surface area contributed by atoms with E-state index < -0.39 is 0 Å². The Hall–Kier alpha value is -7.34. The summed E-state index contributed by atoms with van der Waals surface area (Å²) in [5.74, 6) is 0.826. The summed E-state index contributed by atoms with van der Waals surface area (Å²) in [6, 6.07) is 61.9. The Morgan fingerprint density at radius 2 is 1.11 bits per heavy atom. The van der Waals surface area contributed by atoms with E-state index in [-0.39, 0.29) is 0 Å². The van der Waals surface area contributed by atoms with Gasteiger partial charge in [-0.3, -0.25) is 4.57 Å². The Labute approximate surface area is 328 Å². The normalized spacial score (nSPS) is 12.6. The van der Waals surface area contributed by atoms with E-state index in [2.05, 4.69) is 179 Å². The number of fused-ring (bicyclic) bond motifs is 14. The van der Waals surface area contributed by atoms with Gasteiger partial charge in [0.2, 0.25) is 0 Å². The van der Waals surface area contributed by atoms with Gasteiger partial charge in [-0.25, -0.2) is 9.97 Å². The molecule has 262 valence electrons. The van der Waals surface area contributed by atoms with Crippen LogP contribution in [-0.4, -0.2) is 18.9 Å². The minimum atomic E-state index is 0.826. The molecule has 0 amide bonds. The molecule has 9 aromatic carbocycles. The predicted molar refractivity (Wildman–Crippen MR) is 242 cm³/mol. The first kappa shape index (κ1) is 29.9. The van der Waals surface area contributed by atoms with Crippen LogP contribution in [0.4, 0.5) is 0 Å². The number of thiophene rings is 1. The van der Waals surface area contributed by atoms with Crippen LogP contribution < -0.4 is 0 Å². The monoisotopic (exact) mass is 740 g/mol. The van der Waals surface area contributed by atoms with Crippen molar-refractivity contribution in [3.05, 3.63) is 170 Å². The number of nitrogens with zero attached hydrogens (tertiary/aromatic N) is 4. The summed E-state index contributed by atoms with van der Waals surface area (Å²) in [5.41, 5.74) is 9.64. The maximum absolute atomic E-state index is 5.64. The van der Waals surface area contributed by atoms with Crippen LogP contribution in [0.3, 0.4) is 0 Å². The smallest absolute Gasteiger partial charge is 0.165 e. The standard InChI is InChI=1S/C52H28N4S/c1-2-13-30(14-3-1)46-52(53-40-27-24-29-12-4-6-16-32(29)47(40)54-46)56-42-22-11-21-41-45(42)44-39(28-31-15-5-7-17-33(31)49(44)56)36-20-10-19-35-37-25-26-38-34-18-8-9-23-43(34)57-51(38)50(37)55(41)48(35)36/h1-28H. The van der Waals surface area contributed by atoms with Crippen LogP contribution in [0.5, 0.6) is 0 Å². The molecule has 0 spiro atoms. The Morgan fingerprint density at radius 1 is 0.421 bits per heavy atom. The third-order valence-electron chi connectivity index (χ3n) is 12.4. The third-order valence-corrected chi connectivity index (χ3v) is 13.6. The molecule has 0 radical (unpaired) electrons. The third kappa shape index (κ3) is 3.77. The molecular formula is C52H28N4S. The molecular weight excluding hydrogens is 713 g/mol. The second kappa shape index (κ2) is 10.7. The van der Waals surface area contributed by atoms with E-state index in [1.807, 2.05) is 11.3 Å². The molecule has 0 atom stereocenters. The molecule has 5 aromatic heterocycles. The van der Waals surface area contributed by atoms with Crippen molar-refractivity contribution in [2.24, 2.45) is 0 Å². The number of rotatable bonds is 2. The first-order valence-electron chi connectivity index (χ1n) is 19.4. The van der Waals surface area contributed by atoms with E-state index in [0.29, 0.717) is 0 Å². The molecule has 0 unspecified atom stereocenters. The van der Waals surface area contributed by atoms with Gasteiger partial charge in [-0.1, -0.05) is 140 Å². The van der Waals surface area contributed by atoms with Crippen LogP contribution in [0.15, 0.2) is 170 Å². The van der Waals surface area contributed by atoms with Gasteiger partial charge < -0.3 is 4.40 Å². The molecule has 5 heteroatoms. The van der Waals surface area contributed by atoms with Crippen molar-refractivity contribution in [3.63, 3.8) is 0 Å². The van der Waals surface area contributed by atoms with E-state index >= 15 is 0 Å². The lowest BCUT2D eigenvalue weighted by Crippen LogP contribution is -2.04. The molecule has 0 bridgehead atoms. The predicted octanol–water partition coefficient (Wildman–Crippen LogP) is 14.2. The second-order valence-electron chi connectivity index (χ2n) is 15.3. The molecule has 0 aliphatic rings. The van der Waals surface area contributed by atoms with Crippen molar-refractivity contribution in [3.8, 4) is 17.1 Å². The molecule has 0 N–H and O–H groups in total. The van der Waals surface area contributed by atoms with Crippen molar-refractivity contribution in [2.45, 2.75) is 0 Å². The van der Waals surface area contributed by atoms with Gasteiger partial charge in [0, 0.05) is 58.7 Å². The van der Waals surface area contributed by atoms with Crippen molar-refractivity contribution < 1.29 is 0 Å². The molecule has 0 saturated carbocycles. The van der Waals surface area contributed by atoms with E-state index in [4.69, 9.17) is 9.97 Å². The minimum absolute atomic E-state index is 0.826. The van der Waals surface area contributed by atoms with Gasteiger partial charge in [0.15, 0.2) is 5.82 Å². The van der Waals surface area contributed by atoms with Crippen molar-refractivity contribution in [2.75, 3.05) is 0 Å². The SMILES string of the molecule is c1ccc(-c2nc3c(ccc4ccccc43)nc2-n2c3cccc4c3c3c(cc5ccccc5c32)c2cccc3c5ccc6c7ccccc7sc6c5n4c23)cc1. The van der Waals surface area contributed by atoms with Crippen LogP contribution in [-0.2, 0) is 0 Å². The number of para-hydroxylation sites is 1. The molecule has 57 heavy (non-hydrogen) atoms. The highest BCUT2D eigenvalue weighted by Crippen LogP contribution is 2.49. The zero-order valence-corrected chi connectivity index (χ0v) is 31.2. The zero-order valence-electron chi connectivity index (χ0n) is 30.4. The second-order valence-corrected chi connectivity index (χ2v) is 16.3. The van der Waals surface area contributed by atoms with E-state index in [9.17, 15) is 0 Å². The molecule has 0 aliphatic heterocycles. The highest BCUT2D eigenvalue weighted by Gasteiger charge is 2.27.